The molecule has 0 aliphatic carbocycles. The van der Waals surface area contributed by atoms with Crippen molar-refractivity contribution in [3.63, 3.8) is 0 Å². The molecule has 4 N–H and O–H groups in total. The van der Waals surface area contributed by atoms with Crippen LogP contribution in [-0.4, -0.2) is 21.6 Å². The number of anilines is 1. The zero-order valence-corrected chi connectivity index (χ0v) is 7.16. The van der Waals surface area contributed by atoms with Crippen molar-refractivity contribution in [1.29, 1.82) is 0 Å². The summed E-state index contributed by atoms with van der Waals surface area (Å²) in [6, 6.07) is 0.452. The van der Waals surface area contributed by atoms with E-state index in [9.17, 15) is 0 Å². The number of fused-ring (bicyclic) bond motifs is 1. The van der Waals surface area contributed by atoms with Crippen molar-refractivity contribution in [1.82, 2.24) is 15.0 Å². The smallest absolute Gasteiger partial charge is 0.373 e. The van der Waals surface area contributed by atoms with Gasteiger partial charge in [0.2, 0.25) is 12.1 Å². The van der Waals surface area contributed by atoms with E-state index in [2.05, 4.69) is 19.9 Å². The second kappa shape index (κ2) is 2.89. The molecule has 0 radical (unpaired) electrons. The average Bonchev–Trinajstić information content (AvgIpc) is 2.49. The molecule has 2 heterocycles. The van der Waals surface area contributed by atoms with Crippen molar-refractivity contribution >= 4 is 17.0 Å². The second-order valence-corrected chi connectivity index (χ2v) is 2.49. The fourth-order valence-electron chi connectivity index (χ4n) is 1.07. The number of H-pyrrole nitrogens is 2. The van der Waals surface area contributed by atoms with Gasteiger partial charge in [0.1, 0.15) is 0 Å². The molecule has 0 saturated carbocycles. The second-order valence-electron chi connectivity index (χ2n) is 2.49. The Kier molecular flexibility index (Phi) is 1.73. The van der Waals surface area contributed by atoms with Gasteiger partial charge in [0.25, 0.3) is 5.65 Å². The Morgan fingerprint density at radius 3 is 3.23 bits per heavy atom. The molecule has 13 heavy (non-hydrogen) atoms. The molecule has 2 aromatic rings. The highest BCUT2D eigenvalue weighted by atomic mass is 16.5. The van der Waals surface area contributed by atoms with Gasteiger partial charge in [0.15, 0.2) is 5.52 Å². The molecule has 2 aromatic heterocycles. The first-order valence-electron chi connectivity index (χ1n) is 3.96. The molecule has 6 nitrogen and oxygen atoms in total. The first kappa shape index (κ1) is 7.78. The van der Waals surface area contributed by atoms with Gasteiger partial charge in [-0.2, -0.15) is 0 Å². The standard InChI is InChI=1S/C7H9N5O/c1-2-13-7-11-4-5(8)9-3-10-6(4)12-7/h3H,2H2,1H3,(H3,8,9,10,11,12)/p+1. The number of aromatic amines is 2. The molecular formula is C7H10N5O+. The number of nitrogens with two attached hydrogens (primary N) is 1. The Morgan fingerprint density at radius 2 is 2.54 bits per heavy atom. The number of nitrogen functional groups attached to an aromatic ring is 1. The predicted molar refractivity (Wildman–Crippen MR) is 46.0 cm³/mol. The van der Waals surface area contributed by atoms with Crippen LogP contribution in [-0.2, 0) is 0 Å². The van der Waals surface area contributed by atoms with Crippen molar-refractivity contribution in [2.45, 2.75) is 6.92 Å². The third kappa shape index (κ3) is 1.26. The van der Waals surface area contributed by atoms with Crippen molar-refractivity contribution in [2.24, 2.45) is 0 Å². The highest BCUT2D eigenvalue weighted by molar-refractivity contribution is 5.79. The predicted octanol–water partition coefficient (Wildman–Crippen LogP) is -0.247. The highest BCUT2D eigenvalue weighted by Crippen LogP contribution is 2.14. The third-order valence-electron chi connectivity index (χ3n) is 1.62. The van der Waals surface area contributed by atoms with E-state index in [1.165, 1.54) is 6.33 Å². The minimum Gasteiger partial charge on any atom is -0.453 e. The number of hydrogen-bond acceptors (Lipinski definition) is 4. The lowest BCUT2D eigenvalue weighted by Crippen LogP contribution is -2.06. The molecule has 0 spiro atoms. The number of nitrogens with one attached hydrogen (secondary N) is 2. The van der Waals surface area contributed by atoms with Gasteiger partial charge in [-0.15, -0.1) is 0 Å². The average molecular weight is 180 g/mol. The fourth-order valence-corrected chi connectivity index (χ4v) is 1.07. The molecule has 0 aromatic carbocycles. The fraction of sp³-hybridized carbons (Fsp3) is 0.286. The highest BCUT2D eigenvalue weighted by Gasteiger charge is 2.13. The Morgan fingerprint density at radius 1 is 1.69 bits per heavy atom. The van der Waals surface area contributed by atoms with Crippen LogP contribution in [0.15, 0.2) is 6.33 Å². The number of imidazole rings is 1. The van der Waals surface area contributed by atoms with Crippen LogP contribution < -0.4 is 15.5 Å². The molecule has 0 saturated heterocycles. The molecule has 0 atom stereocenters. The van der Waals surface area contributed by atoms with Crippen LogP contribution in [0.25, 0.3) is 11.2 Å². The zero-order chi connectivity index (χ0) is 9.26. The minimum atomic E-state index is 0.409. The Hall–Kier alpha value is -1.85. The SMILES string of the molecule is CCOc1nc2[nH+]cnc(N)c2[nH]1. The van der Waals surface area contributed by atoms with Crippen molar-refractivity contribution in [2.75, 3.05) is 12.3 Å². The lowest BCUT2D eigenvalue weighted by molar-refractivity contribution is -0.352. The number of aromatic nitrogens is 4. The van der Waals surface area contributed by atoms with E-state index in [4.69, 9.17) is 10.5 Å². The van der Waals surface area contributed by atoms with Crippen molar-refractivity contribution in [3.8, 4) is 6.01 Å². The summed E-state index contributed by atoms with van der Waals surface area (Å²) in [5, 5.41) is 0. The molecule has 0 aliphatic rings. The summed E-state index contributed by atoms with van der Waals surface area (Å²) >= 11 is 0. The maximum Gasteiger partial charge on any atom is 0.373 e. The molecule has 0 amide bonds. The van der Waals surface area contributed by atoms with Crippen LogP contribution >= 0.6 is 0 Å². The topological polar surface area (TPSA) is 91.0 Å². The van der Waals surface area contributed by atoms with E-state index >= 15 is 0 Å². The minimum absolute atomic E-state index is 0.409. The van der Waals surface area contributed by atoms with Gasteiger partial charge in [-0.05, 0) is 11.9 Å². The van der Waals surface area contributed by atoms with Gasteiger partial charge in [-0.1, -0.05) is 4.98 Å². The van der Waals surface area contributed by atoms with Crippen LogP contribution in [0.2, 0.25) is 0 Å². The zero-order valence-electron chi connectivity index (χ0n) is 7.16. The maximum absolute atomic E-state index is 5.61. The maximum atomic E-state index is 5.61. The van der Waals surface area contributed by atoms with Gasteiger partial charge in [-0.3, -0.25) is 4.98 Å². The van der Waals surface area contributed by atoms with E-state index < -0.39 is 0 Å². The third-order valence-corrected chi connectivity index (χ3v) is 1.62. The lowest BCUT2D eigenvalue weighted by Gasteiger charge is -1.90. The normalized spacial score (nSPS) is 10.5. The van der Waals surface area contributed by atoms with Gasteiger partial charge in [0.05, 0.1) is 6.61 Å². The van der Waals surface area contributed by atoms with Gasteiger partial charge in [-0.25, -0.2) is 4.98 Å². The summed E-state index contributed by atoms with van der Waals surface area (Å²) in [6.07, 6.45) is 1.49. The summed E-state index contributed by atoms with van der Waals surface area (Å²) in [5.41, 5.74) is 6.93. The summed E-state index contributed by atoms with van der Waals surface area (Å²) in [6.45, 7) is 2.45. The monoisotopic (exact) mass is 180 g/mol. The molecule has 0 aliphatic heterocycles. The van der Waals surface area contributed by atoms with Crippen LogP contribution in [0.4, 0.5) is 5.82 Å². The molecular weight excluding hydrogens is 170 g/mol. The van der Waals surface area contributed by atoms with Crippen molar-refractivity contribution < 1.29 is 9.72 Å². The molecule has 0 bridgehead atoms. The Labute approximate surface area is 74.2 Å². The first-order valence-corrected chi connectivity index (χ1v) is 3.96. The van der Waals surface area contributed by atoms with Crippen LogP contribution in [0, 0.1) is 0 Å². The molecule has 0 fully saturated rings. The molecule has 2 rings (SSSR count). The van der Waals surface area contributed by atoms with E-state index in [0.717, 1.165) is 0 Å². The largest absolute Gasteiger partial charge is 0.453 e. The first-order chi connectivity index (χ1) is 6.31. The van der Waals surface area contributed by atoms with Gasteiger partial charge in [0, 0.05) is 0 Å². The molecule has 6 heteroatoms. The Balaban J connectivity index is 2.55. The Bertz CT molecular complexity index is 424. The van der Waals surface area contributed by atoms with E-state index in [1.807, 2.05) is 6.92 Å². The van der Waals surface area contributed by atoms with Gasteiger partial charge < -0.3 is 10.5 Å². The van der Waals surface area contributed by atoms with Crippen LogP contribution in [0.3, 0.4) is 0 Å². The number of rotatable bonds is 2. The van der Waals surface area contributed by atoms with E-state index in [0.29, 0.717) is 29.6 Å². The number of hydrogen-bond donors (Lipinski definition) is 2. The van der Waals surface area contributed by atoms with Gasteiger partial charge >= 0.3 is 6.01 Å². The lowest BCUT2D eigenvalue weighted by atomic mass is 10.5. The molecule has 0 unspecified atom stereocenters. The summed E-state index contributed by atoms with van der Waals surface area (Å²) < 4.78 is 5.18. The van der Waals surface area contributed by atoms with Crippen LogP contribution in [0.1, 0.15) is 6.92 Å². The summed E-state index contributed by atoms with van der Waals surface area (Å²) in [7, 11) is 0. The quantitative estimate of drug-likeness (QED) is 0.666. The summed E-state index contributed by atoms with van der Waals surface area (Å²) in [4.78, 5) is 13.8. The number of nitrogens with zero attached hydrogens (tertiary/aromatic N) is 2. The van der Waals surface area contributed by atoms with E-state index in [1.54, 1.807) is 0 Å². The number of ether oxygens (including phenoxy) is 1. The summed E-state index contributed by atoms with van der Waals surface area (Å²) in [5.74, 6) is 0.409. The van der Waals surface area contributed by atoms with Crippen molar-refractivity contribution in [3.05, 3.63) is 6.33 Å². The van der Waals surface area contributed by atoms with Crippen LogP contribution in [0.5, 0.6) is 6.01 Å². The molecule has 68 valence electrons. The van der Waals surface area contributed by atoms with E-state index in [-0.39, 0.29) is 0 Å².